The van der Waals surface area contributed by atoms with Crippen LogP contribution >= 0.6 is 23.2 Å². The summed E-state index contributed by atoms with van der Waals surface area (Å²) in [4.78, 5) is 15.6. The number of oxime groups is 1. The number of non-ortho nitro benzene ring substituents is 1. The Balaban J connectivity index is 1.59. The second kappa shape index (κ2) is 10.1. The SMILES string of the molecule is Cc1ccc(COc2c(Cl)cc(/C=N\OCc3cccc([N+](=O)[O-])c3)cc2Cl)cc1. The molecule has 8 heteroatoms. The van der Waals surface area contributed by atoms with E-state index in [1.165, 1.54) is 23.9 Å². The lowest BCUT2D eigenvalue weighted by Crippen LogP contribution is -1.97. The van der Waals surface area contributed by atoms with Crippen molar-refractivity contribution in [3.63, 3.8) is 0 Å². The molecule has 0 aliphatic carbocycles. The molecule has 0 N–H and O–H groups in total. The first-order chi connectivity index (χ1) is 14.4. The van der Waals surface area contributed by atoms with Crippen LogP contribution in [0.1, 0.15) is 22.3 Å². The molecule has 0 aromatic heterocycles. The summed E-state index contributed by atoms with van der Waals surface area (Å²) in [6.07, 6.45) is 1.46. The number of nitro groups is 1. The minimum atomic E-state index is -0.459. The van der Waals surface area contributed by atoms with Crippen molar-refractivity contribution >= 4 is 35.1 Å². The van der Waals surface area contributed by atoms with Gasteiger partial charge in [-0.2, -0.15) is 0 Å². The van der Waals surface area contributed by atoms with Crippen LogP contribution in [-0.2, 0) is 18.1 Å². The number of aryl methyl sites for hydroxylation is 1. The number of hydrogen-bond donors (Lipinski definition) is 0. The second-order valence-electron chi connectivity index (χ2n) is 6.52. The maximum absolute atomic E-state index is 10.8. The predicted molar refractivity (Wildman–Crippen MR) is 117 cm³/mol. The van der Waals surface area contributed by atoms with Crippen molar-refractivity contribution in [3.05, 3.63) is 103 Å². The summed E-state index contributed by atoms with van der Waals surface area (Å²) in [5.74, 6) is 0.397. The molecule has 0 atom stereocenters. The Labute approximate surface area is 183 Å². The lowest BCUT2D eigenvalue weighted by atomic mass is 10.2. The van der Waals surface area contributed by atoms with Crippen LogP contribution in [0, 0.1) is 17.0 Å². The van der Waals surface area contributed by atoms with E-state index in [9.17, 15) is 10.1 Å². The van der Waals surface area contributed by atoms with Gasteiger partial charge in [0.25, 0.3) is 5.69 Å². The monoisotopic (exact) mass is 444 g/mol. The highest BCUT2D eigenvalue weighted by Crippen LogP contribution is 2.34. The minimum Gasteiger partial charge on any atom is -0.486 e. The lowest BCUT2D eigenvalue weighted by Gasteiger charge is -2.11. The van der Waals surface area contributed by atoms with Gasteiger partial charge in [0, 0.05) is 12.1 Å². The fraction of sp³-hybridized carbons (Fsp3) is 0.136. The van der Waals surface area contributed by atoms with Crippen LogP contribution in [0.15, 0.2) is 65.8 Å². The number of nitro benzene ring substituents is 1. The molecular formula is C22H18Cl2N2O4. The van der Waals surface area contributed by atoms with Crippen molar-refractivity contribution in [3.8, 4) is 5.75 Å². The zero-order chi connectivity index (χ0) is 21.5. The Kier molecular flexibility index (Phi) is 7.27. The number of benzene rings is 3. The number of ether oxygens (including phenoxy) is 1. The number of hydrogen-bond acceptors (Lipinski definition) is 5. The van der Waals surface area contributed by atoms with E-state index in [0.29, 0.717) is 33.5 Å². The van der Waals surface area contributed by atoms with Gasteiger partial charge in [0.05, 0.1) is 21.2 Å². The molecule has 0 heterocycles. The summed E-state index contributed by atoms with van der Waals surface area (Å²) in [6, 6.07) is 17.5. The molecule has 30 heavy (non-hydrogen) atoms. The maximum Gasteiger partial charge on any atom is 0.269 e. The molecule has 0 saturated carbocycles. The van der Waals surface area contributed by atoms with Gasteiger partial charge < -0.3 is 9.57 Å². The molecule has 3 aromatic carbocycles. The Morgan fingerprint density at radius 3 is 2.37 bits per heavy atom. The van der Waals surface area contributed by atoms with Gasteiger partial charge in [-0.05, 0) is 35.7 Å². The van der Waals surface area contributed by atoms with Crippen molar-refractivity contribution in [1.29, 1.82) is 0 Å². The van der Waals surface area contributed by atoms with E-state index in [0.717, 1.165) is 5.56 Å². The fourth-order valence-corrected chi connectivity index (χ4v) is 3.21. The minimum absolute atomic E-state index is 0.000121. The van der Waals surface area contributed by atoms with E-state index in [2.05, 4.69) is 5.16 Å². The van der Waals surface area contributed by atoms with Crippen molar-refractivity contribution in [2.45, 2.75) is 20.1 Å². The number of nitrogens with zero attached hydrogens (tertiary/aromatic N) is 2. The molecule has 3 aromatic rings. The molecule has 0 unspecified atom stereocenters. The number of rotatable bonds is 8. The van der Waals surface area contributed by atoms with E-state index in [-0.39, 0.29) is 12.3 Å². The summed E-state index contributed by atoms with van der Waals surface area (Å²) >= 11 is 12.6. The third-order valence-corrected chi connectivity index (χ3v) is 4.71. The Hall–Kier alpha value is -3.09. The molecule has 6 nitrogen and oxygen atoms in total. The Bertz CT molecular complexity index is 1050. The summed E-state index contributed by atoms with van der Waals surface area (Å²) in [6.45, 7) is 2.46. The van der Waals surface area contributed by atoms with Crippen LogP contribution in [-0.4, -0.2) is 11.1 Å². The van der Waals surface area contributed by atoms with Gasteiger partial charge >= 0.3 is 0 Å². The zero-order valence-electron chi connectivity index (χ0n) is 16.0. The smallest absolute Gasteiger partial charge is 0.269 e. The molecule has 3 rings (SSSR count). The first kappa shape index (κ1) is 21.6. The summed E-state index contributed by atoms with van der Waals surface area (Å²) in [7, 11) is 0. The van der Waals surface area contributed by atoms with Crippen molar-refractivity contribution in [2.75, 3.05) is 0 Å². The van der Waals surface area contributed by atoms with Crippen LogP contribution < -0.4 is 4.74 Å². The Morgan fingerprint density at radius 2 is 1.70 bits per heavy atom. The highest BCUT2D eigenvalue weighted by Gasteiger charge is 2.10. The lowest BCUT2D eigenvalue weighted by molar-refractivity contribution is -0.384. The largest absolute Gasteiger partial charge is 0.486 e. The van der Waals surface area contributed by atoms with Gasteiger partial charge in [-0.15, -0.1) is 0 Å². The third-order valence-electron chi connectivity index (χ3n) is 4.15. The van der Waals surface area contributed by atoms with E-state index >= 15 is 0 Å². The second-order valence-corrected chi connectivity index (χ2v) is 7.34. The van der Waals surface area contributed by atoms with Crippen LogP contribution in [0.3, 0.4) is 0 Å². The molecule has 0 saturated heterocycles. The first-order valence-corrected chi connectivity index (χ1v) is 9.74. The molecule has 0 aliphatic rings. The summed E-state index contributed by atoms with van der Waals surface area (Å²) in [5.41, 5.74) is 3.45. The van der Waals surface area contributed by atoms with Crippen LogP contribution in [0.2, 0.25) is 10.0 Å². The van der Waals surface area contributed by atoms with Gasteiger partial charge in [-0.3, -0.25) is 10.1 Å². The van der Waals surface area contributed by atoms with Gasteiger partial charge in [-0.1, -0.05) is 70.3 Å². The first-order valence-electron chi connectivity index (χ1n) is 8.98. The fourth-order valence-electron chi connectivity index (χ4n) is 2.60. The Morgan fingerprint density at radius 1 is 1.00 bits per heavy atom. The molecule has 0 radical (unpaired) electrons. The van der Waals surface area contributed by atoms with Crippen molar-refractivity contribution in [1.82, 2.24) is 0 Å². The average molecular weight is 445 g/mol. The number of halogens is 2. The highest BCUT2D eigenvalue weighted by molar-refractivity contribution is 6.37. The topological polar surface area (TPSA) is 74.0 Å². The molecule has 0 spiro atoms. The standard InChI is InChI=1S/C22H18Cl2N2O4/c1-15-5-7-16(8-6-15)13-29-22-20(23)10-18(11-21(22)24)12-25-30-14-17-3-2-4-19(9-17)26(27)28/h2-12H,13-14H2,1H3/b25-12-. The molecular weight excluding hydrogens is 427 g/mol. The quantitative estimate of drug-likeness (QED) is 0.230. The molecule has 0 fully saturated rings. The summed E-state index contributed by atoms with van der Waals surface area (Å²) in [5, 5.41) is 15.4. The van der Waals surface area contributed by atoms with E-state index in [4.69, 9.17) is 32.8 Å². The van der Waals surface area contributed by atoms with Crippen molar-refractivity contribution < 1.29 is 14.5 Å². The predicted octanol–water partition coefficient (Wildman–Crippen LogP) is 6.34. The molecule has 0 amide bonds. The average Bonchev–Trinajstić information content (AvgIpc) is 2.72. The molecule has 0 aliphatic heterocycles. The highest BCUT2D eigenvalue weighted by atomic mass is 35.5. The molecule has 0 bridgehead atoms. The van der Waals surface area contributed by atoms with Crippen molar-refractivity contribution in [2.24, 2.45) is 5.16 Å². The third kappa shape index (κ3) is 5.95. The zero-order valence-corrected chi connectivity index (χ0v) is 17.6. The van der Waals surface area contributed by atoms with Gasteiger partial charge in [0.2, 0.25) is 0 Å². The maximum atomic E-state index is 10.8. The van der Waals surface area contributed by atoms with Gasteiger partial charge in [-0.25, -0.2) is 0 Å². The van der Waals surface area contributed by atoms with E-state index < -0.39 is 4.92 Å². The normalized spacial score (nSPS) is 10.9. The summed E-state index contributed by atoms with van der Waals surface area (Å²) < 4.78 is 5.77. The van der Waals surface area contributed by atoms with E-state index in [1.54, 1.807) is 24.3 Å². The molecule has 154 valence electrons. The van der Waals surface area contributed by atoms with Gasteiger partial charge in [0.1, 0.15) is 13.2 Å². The van der Waals surface area contributed by atoms with Crippen LogP contribution in [0.25, 0.3) is 0 Å². The van der Waals surface area contributed by atoms with E-state index in [1.807, 2.05) is 31.2 Å². The van der Waals surface area contributed by atoms with Crippen LogP contribution in [0.5, 0.6) is 5.75 Å². The van der Waals surface area contributed by atoms with Crippen LogP contribution in [0.4, 0.5) is 5.69 Å². The van der Waals surface area contributed by atoms with Gasteiger partial charge in [0.15, 0.2) is 5.75 Å².